The number of carbonyl (C=O) groups excluding carboxylic acids is 1. The lowest BCUT2D eigenvalue weighted by Crippen LogP contribution is -2.39. The molecule has 4 atom stereocenters. The number of ketones is 1. The van der Waals surface area contributed by atoms with Gasteiger partial charge in [-0.3, -0.25) is 4.79 Å². The number of hydrogen-bond acceptors (Lipinski definition) is 2. The summed E-state index contributed by atoms with van der Waals surface area (Å²) in [5, 5.41) is 9.87. The lowest BCUT2D eigenvalue weighted by atomic mass is 9.58. The second kappa shape index (κ2) is 4.30. The van der Waals surface area contributed by atoms with Gasteiger partial charge in [-0.2, -0.15) is 0 Å². The molecule has 2 saturated carbocycles. The van der Waals surface area contributed by atoms with E-state index in [1.807, 2.05) is 0 Å². The van der Waals surface area contributed by atoms with E-state index in [1.54, 1.807) is 11.1 Å². The number of hydrogen-bond donors (Lipinski definition) is 1. The van der Waals surface area contributed by atoms with Crippen LogP contribution >= 0.6 is 0 Å². The fourth-order valence-electron chi connectivity index (χ4n) is 5.33. The molecule has 0 aromatic carbocycles. The highest BCUT2D eigenvalue weighted by Gasteiger charge is 2.52. The minimum absolute atomic E-state index is 0.0609. The number of rotatable bonds is 0. The molecule has 0 aromatic heterocycles. The molecule has 20 heavy (non-hydrogen) atoms. The molecule has 2 heteroatoms. The average Bonchev–Trinajstić information content (AvgIpc) is 2.74. The van der Waals surface area contributed by atoms with Crippen LogP contribution in [0.5, 0.6) is 0 Å². The molecule has 1 N–H and O–H groups in total. The summed E-state index contributed by atoms with van der Waals surface area (Å²) in [6.45, 7) is 2.21. The van der Waals surface area contributed by atoms with Gasteiger partial charge in [-0.1, -0.05) is 29.7 Å². The summed E-state index contributed by atoms with van der Waals surface area (Å²) in [6, 6.07) is 0. The maximum atomic E-state index is 12.3. The molecule has 0 spiro atoms. The third-order valence-corrected chi connectivity index (χ3v) is 6.51. The third kappa shape index (κ3) is 1.64. The second-order valence-corrected chi connectivity index (χ2v) is 7.46. The van der Waals surface area contributed by atoms with Crippen molar-refractivity contribution >= 4 is 5.78 Å². The van der Waals surface area contributed by atoms with Crippen LogP contribution in [0.3, 0.4) is 0 Å². The molecule has 0 bridgehead atoms. The summed E-state index contributed by atoms with van der Waals surface area (Å²) in [5.41, 5.74) is 4.66. The molecule has 0 heterocycles. The van der Waals surface area contributed by atoms with E-state index >= 15 is 0 Å². The maximum absolute atomic E-state index is 12.3. The molecule has 4 rings (SSSR count). The van der Waals surface area contributed by atoms with Crippen LogP contribution in [0.2, 0.25) is 0 Å². The van der Waals surface area contributed by atoms with Gasteiger partial charge < -0.3 is 5.11 Å². The molecule has 2 fully saturated rings. The molecular formula is C18H24O2. The molecule has 4 aliphatic rings. The van der Waals surface area contributed by atoms with E-state index < -0.39 is 0 Å². The first kappa shape index (κ1) is 12.8. The smallest absolute Gasteiger partial charge is 0.139 e. The molecule has 4 aliphatic carbocycles. The Morgan fingerprint density at radius 3 is 2.95 bits per heavy atom. The van der Waals surface area contributed by atoms with E-state index in [2.05, 4.69) is 13.0 Å². The Hall–Kier alpha value is -0.890. The largest absolute Gasteiger partial charge is 0.393 e. The first-order chi connectivity index (χ1) is 9.59. The van der Waals surface area contributed by atoms with Crippen molar-refractivity contribution < 1.29 is 9.90 Å². The van der Waals surface area contributed by atoms with E-state index in [0.717, 1.165) is 51.4 Å². The quantitative estimate of drug-likeness (QED) is 0.685. The van der Waals surface area contributed by atoms with Gasteiger partial charge in [0.1, 0.15) is 5.78 Å². The number of aliphatic hydroxyl groups excluding tert-OH is 1. The predicted octanol–water partition coefficient (Wildman–Crippen LogP) is 3.55. The topological polar surface area (TPSA) is 37.3 Å². The van der Waals surface area contributed by atoms with Crippen LogP contribution in [0.15, 0.2) is 22.8 Å². The van der Waals surface area contributed by atoms with E-state index in [0.29, 0.717) is 17.6 Å². The number of aliphatic hydroxyl groups is 1. The van der Waals surface area contributed by atoms with Crippen LogP contribution < -0.4 is 0 Å². The Morgan fingerprint density at radius 2 is 2.10 bits per heavy atom. The van der Waals surface area contributed by atoms with Gasteiger partial charge in [0.25, 0.3) is 0 Å². The van der Waals surface area contributed by atoms with Crippen LogP contribution in [-0.4, -0.2) is 17.0 Å². The fraction of sp³-hybridized carbons (Fsp3) is 0.722. The van der Waals surface area contributed by atoms with Gasteiger partial charge in [0.2, 0.25) is 0 Å². The van der Waals surface area contributed by atoms with Crippen molar-refractivity contribution in [2.75, 3.05) is 0 Å². The van der Waals surface area contributed by atoms with Crippen LogP contribution in [-0.2, 0) is 4.79 Å². The molecule has 108 valence electrons. The van der Waals surface area contributed by atoms with Crippen LogP contribution in [0.1, 0.15) is 58.3 Å². The van der Waals surface area contributed by atoms with E-state index in [9.17, 15) is 9.90 Å². The van der Waals surface area contributed by atoms with Crippen molar-refractivity contribution in [2.24, 2.45) is 17.3 Å². The van der Waals surface area contributed by atoms with Crippen LogP contribution in [0.25, 0.3) is 0 Å². The van der Waals surface area contributed by atoms with E-state index in [4.69, 9.17) is 0 Å². The van der Waals surface area contributed by atoms with Crippen molar-refractivity contribution in [3.8, 4) is 0 Å². The van der Waals surface area contributed by atoms with E-state index in [1.165, 1.54) is 5.57 Å². The molecular weight excluding hydrogens is 248 g/mol. The summed E-state index contributed by atoms with van der Waals surface area (Å²) in [5.74, 6) is 1.62. The van der Waals surface area contributed by atoms with Crippen LogP contribution in [0, 0.1) is 17.3 Å². The van der Waals surface area contributed by atoms with Gasteiger partial charge in [0, 0.05) is 17.8 Å². The molecule has 0 saturated heterocycles. The summed E-state index contributed by atoms with van der Waals surface area (Å²) in [7, 11) is 0. The highest BCUT2D eigenvalue weighted by Crippen LogP contribution is 2.58. The first-order valence-electron chi connectivity index (χ1n) is 8.21. The van der Waals surface area contributed by atoms with Crippen molar-refractivity contribution in [2.45, 2.75) is 64.4 Å². The Kier molecular flexibility index (Phi) is 2.76. The maximum Gasteiger partial charge on any atom is 0.139 e. The van der Waals surface area contributed by atoms with Gasteiger partial charge >= 0.3 is 0 Å². The summed E-state index contributed by atoms with van der Waals surface area (Å²) in [6.07, 6.45) is 10.3. The zero-order chi connectivity index (χ0) is 13.9. The fourth-order valence-corrected chi connectivity index (χ4v) is 5.33. The van der Waals surface area contributed by atoms with Crippen molar-refractivity contribution in [1.82, 2.24) is 0 Å². The van der Waals surface area contributed by atoms with Crippen molar-refractivity contribution in [3.05, 3.63) is 22.8 Å². The molecule has 0 aliphatic heterocycles. The standard InChI is InChI=1S/C18H24O2/c1-18-9-8-14-13-5-3-12(19)10-11(13)2-4-15(14)16(18)6-7-17(18)20/h4,12,14,16,19H,2-3,5-10H2,1H3/t12-,14-,16+,18?/m1/s1. The van der Waals surface area contributed by atoms with Gasteiger partial charge in [-0.25, -0.2) is 0 Å². The molecule has 2 nitrogen and oxygen atoms in total. The van der Waals surface area contributed by atoms with E-state index in [-0.39, 0.29) is 11.5 Å². The lowest BCUT2D eigenvalue weighted by molar-refractivity contribution is -0.127. The number of Topliss-reactive ketones (excluding diaryl/α,β-unsaturated/α-hetero) is 1. The highest BCUT2D eigenvalue weighted by molar-refractivity contribution is 5.88. The number of fused-ring (bicyclic) bond motifs is 4. The van der Waals surface area contributed by atoms with Crippen molar-refractivity contribution in [3.63, 3.8) is 0 Å². The predicted molar refractivity (Wildman–Crippen MR) is 78.1 cm³/mol. The van der Waals surface area contributed by atoms with Gasteiger partial charge in [-0.15, -0.1) is 0 Å². The third-order valence-electron chi connectivity index (χ3n) is 6.51. The first-order valence-corrected chi connectivity index (χ1v) is 8.21. The molecule has 0 radical (unpaired) electrons. The molecule has 1 unspecified atom stereocenters. The van der Waals surface area contributed by atoms with Crippen molar-refractivity contribution in [1.29, 1.82) is 0 Å². The average molecular weight is 272 g/mol. The highest BCUT2D eigenvalue weighted by atomic mass is 16.3. The molecule has 0 amide bonds. The lowest BCUT2D eigenvalue weighted by Gasteiger charge is -2.45. The number of carbonyl (C=O) groups is 1. The van der Waals surface area contributed by atoms with Gasteiger partial charge in [-0.05, 0) is 50.9 Å². The SMILES string of the molecule is CC12CC[C@H]3C(=CCC4=C3CC[C@@H](O)C4)[C@@H]1CCC2=O. The van der Waals surface area contributed by atoms with Gasteiger partial charge in [0.15, 0.2) is 0 Å². The Morgan fingerprint density at radius 1 is 1.25 bits per heavy atom. The zero-order valence-corrected chi connectivity index (χ0v) is 12.3. The minimum Gasteiger partial charge on any atom is -0.393 e. The summed E-state index contributed by atoms with van der Waals surface area (Å²) >= 11 is 0. The Balaban J connectivity index is 1.68. The normalized spacial score (nSPS) is 43.8. The molecule has 0 aromatic rings. The minimum atomic E-state index is -0.120. The summed E-state index contributed by atoms with van der Waals surface area (Å²) in [4.78, 5) is 12.3. The van der Waals surface area contributed by atoms with Crippen LogP contribution in [0.4, 0.5) is 0 Å². The van der Waals surface area contributed by atoms with Gasteiger partial charge in [0.05, 0.1) is 6.10 Å². The second-order valence-electron chi connectivity index (χ2n) is 7.46. The Labute approximate surface area is 120 Å². The Bertz CT molecular complexity index is 528. The monoisotopic (exact) mass is 272 g/mol. The zero-order valence-electron chi connectivity index (χ0n) is 12.3. The summed E-state index contributed by atoms with van der Waals surface area (Å²) < 4.78 is 0. The number of allylic oxidation sites excluding steroid dienone is 3.